The number of carboxylic acid groups (broad SMARTS) is 1. The van der Waals surface area contributed by atoms with E-state index >= 15 is 0 Å². The Morgan fingerprint density at radius 3 is 2.05 bits per heavy atom. The Morgan fingerprint density at radius 2 is 1.47 bits per heavy atom. The molecule has 12 N–H and O–H groups in total. The van der Waals surface area contributed by atoms with E-state index in [-0.39, 0.29) is 31.1 Å². The third-order valence-electron chi connectivity index (χ3n) is 5.60. The first-order valence-electron chi connectivity index (χ1n) is 12.4. The van der Waals surface area contributed by atoms with Crippen LogP contribution in [0, 0.1) is 0 Å². The molecule has 1 aromatic carbocycles. The van der Waals surface area contributed by atoms with E-state index < -0.39 is 47.9 Å². The van der Waals surface area contributed by atoms with Crippen LogP contribution in [0.1, 0.15) is 37.7 Å². The minimum absolute atomic E-state index is 0.0693. The Balaban J connectivity index is 2.90. The molecule has 1 aromatic rings. The normalized spacial score (nSPS) is 13.9. The van der Waals surface area contributed by atoms with Gasteiger partial charge in [-0.25, -0.2) is 4.79 Å². The zero-order valence-corrected chi connectivity index (χ0v) is 22.2. The van der Waals surface area contributed by atoms with E-state index in [0.717, 1.165) is 12.0 Å². The Morgan fingerprint density at radius 1 is 0.868 bits per heavy atom. The number of rotatable bonds is 18. The van der Waals surface area contributed by atoms with Crippen molar-refractivity contribution in [2.45, 2.75) is 62.7 Å². The fraction of sp³-hybridized carbons (Fsp3) is 0.542. The molecule has 0 aliphatic rings. The topological polar surface area (TPSA) is 241 Å². The molecule has 4 unspecified atom stereocenters. The largest absolute Gasteiger partial charge is 0.480 e. The van der Waals surface area contributed by atoms with Crippen LogP contribution < -0.4 is 38.9 Å². The van der Waals surface area contributed by atoms with E-state index in [1.165, 1.54) is 0 Å². The Kier molecular flexibility index (Phi) is 15.5. The monoisotopic (exact) mass is 552 g/mol. The maximum Gasteiger partial charge on any atom is 0.326 e. The molecule has 0 saturated carbocycles. The van der Waals surface area contributed by atoms with Crippen LogP contribution in [0.5, 0.6) is 0 Å². The molecule has 4 atom stereocenters. The zero-order chi connectivity index (χ0) is 28.5. The molecule has 0 spiro atoms. The van der Waals surface area contributed by atoms with Crippen LogP contribution in [0.25, 0.3) is 0 Å². The summed E-state index contributed by atoms with van der Waals surface area (Å²) in [5.74, 6) is -3.34. The quantitative estimate of drug-likeness (QED) is 0.0431. The second-order valence-electron chi connectivity index (χ2n) is 8.73. The van der Waals surface area contributed by atoms with Crippen LogP contribution in [0.15, 0.2) is 35.3 Å². The third-order valence-corrected chi connectivity index (χ3v) is 5.96. The SMILES string of the molecule is NCCCCC(N)C(=O)NC(Cc1ccccc1)C(=O)NC(CS)C(=O)NC(CCCN=C(N)N)C(=O)O. The number of carbonyl (C=O) groups is 4. The van der Waals surface area contributed by atoms with Crippen molar-refractivity contribution >= 4 is 42.3 Å². The van der Waals surface area contributed by atoms with E-state index in [9.17, 15) is 24.3 Å². The third kappa shape index (κ3) is 12.7. The standard InChI is InChI=1S/C24H40N8O5S/c25-11-5-4-9-16(26)20(33)31-18(13-15-7-2-1-3-8-15)21(34)32-19(14-38)22(35)30-17(23(36)37)10-6-12-29-24(27)28/h1-3,7-8,16-19,38H,4-6,9-14,25-26H2,(H,30,35)(H,31,33)(H,32,34)(H,36,37)(H4,27,28,29). The number of benzene rings is 1. The summed E-state index contributed by atoms with van der Waals surface area (Å²) in [6.45, 7) is 0.684. The molecule has 3 amide bonds. The summed E-state index contributed by atoms with van der Waals surface area (Å²) in [6, 6.07) is 4.79. The first-order valence-corrected chi connectivity index (χ1v) is 13.0. The summed E-state index contributed by atoms with van der Waals surface area (Å²) >= 11 is 4.14. The van der Waals surface area contributed by atoms with E-state index in [1.54, 1.807) is 24.3 Å². The molecule has 0 aliphatic heterocycles. The van der Waals surface area contributed by atoms with Gasteiger partial charge in [-0.1, -0.05) is 36.8 Å². The van der Waals surface area contributed by atoms with Gasteiger partial charge in [0.2, 0.25) is 17.7 Å². The van der Waals surface area contributed by atoms with Crippen LogP contribution in [-0.2, 0) is 25.6 Å². The maximum absolute atomic E-state index is 13.2. The van der Waals surface area contributed by atoms with Crippen molar-refractivity contribution in [1.82, 2.24) is 16.0 Å². The van der Waals surface area contributed by atoms with Gasteiger partial charge in [-0.05, 0) is 37.8 Å². The number of carboxylic acids is 1. The fourth-order valence-corrected chi connectivity index (χ4v) is 3.73. The van der Waals surface area contributed by atoms with Crippen molar-refractivity contribution in [3.05, 3.63) is 35.9 Å². The highest BCUT2D eigenvalue weighted by atomic mass is 32.1. The summed E-state index contributed by atoms with van der Waals surface area (Å²) in [4.78, 5) is 54.1. The first kappa shape index (κ1) is 32.7. The summed E-state index contributed by atoms with van der Waals surface area (Å²) in [5.41, 5.74) is 22.8. The molecular formula is C24H40N8O5S. The second-order valence-corrected chi connectivity index (χ2v) is 9.10. The van der Waals surface area contributed by atoms with Gasteiger partial charge < -0.3 is 44.0 Å². The van der Waals surface area contributed by atoms with E-state index in [0.29, 0.717) is 25.8 Å². The zero-order valence-electron chi connectivity index (χ0n) is 21.3. The lowest BCUT2D eigenvalue weighted by atomic mass is 10.0. The number of hydrogen-bond acceptors (Lipinski definition) is 8. The van der Waals surface area contributed by atoms with Crippen molar-refractivity contribution in [2.75, 3.05) is 18.8 Å². The van der Waals surface area contributed by atoms with Crippen molar-refractivity contribution < 1.29 is 24.3 Å². The van der Waals surface area contributed by atoms with Crippen molar-refractivity contribution in [1.29, 1.82) is 0 Å². The van der Waals surface area contributed by atoms with Gasteiger partial charge in [0.05, 0.1) is 6.04 Å². The lowest BCUT2D eigenvalue weighted by Gasteiger charge is -2.24. The number of unbranched alkanes of at least 4 members (excludes halogenated alkanes) is 1. The minimum atomic E-state index is -1.25. The van der Waals surface area contributed by atoms with Crippen LogP contribution in [0.2, 0.25) is 0 Å². The number of nitrogens with one attached hydrogen (secondary N) is 3. The van der Waals surface area contributed by atoms with Gasteiger partial charge in [-0.2, -0.15) is 12.6 Å². The molecular weight excluding hydrogens is 512 g/mol. The second kappa shape index (κ2) is 18.0. The van der Waals surface area contributed by atoms with Gasteiger partial charge in [0.15, 0.2) is 5.96 Å². The fourth-order valence-electron chi connectivity index (χ4n) is 3.48. The summed E-state index contributed by atoms with van der Waals surface area (Å²) in [5, 5.41) is 17.1. The van der Waals surface area contributed by atoms with E-state index in [1.807, 2.05) is 6.07 Å². The summed E-state index contributed by atoms with van der Waals surface area (Å²) < 4.78 is 0. The average Bonchev–Trinajstić information content (AvgIpc) is 2.88. The number of thiol groups is 1. The minimum Gasteiger partial charge on any atom is -0.480 e. The Hall–Kier alpha value is -3.36. The molecule has 14 heteroatoms. The first-order chi connectivity index (χ1) is 18.1. The highest BCUT2D eigenvalue weighted by molar-refractivity contribution is 7.80. The van der Waals surface area contributed by atoms with Gasteiger partial charge in [0, 0.05) is 18.7 Å². The molecule has 0 saturated heterocycles. The number of aliphatic imine (C=N–C) groups is 1. The highest BCUT2D eigenvalue weighted by Crippen LogP contribution is 2.07. The number of carbonyl (C=O) groups excluding carboxylic acids is 3. The average molecular weight is 553 g/mol. The van der Waals surface area contributed by atoms with Crippen molar-refractivity contribution in [2.24, 2.45) is 27.9 Å². The number of nitrogens with two attached hydrogens (primary N) is 4. The molecule has 0 fully saturated rings. The van der Waals surface area contributed by atoms with Gasteiger partial charge in [0.1, 0.15) is 18.1 Å². The van der Waals surface area contributed by atoms with Crippen molar-refractivity contribution in [3.8, 4) is 0 Å². The molecule has 0 radical (unpaired) electrons. The van der Waals surface area contributed by atoms with Crippen LogP contribution in [0.3, 0.4) is 0 Å². The van der Waals surface area contributed by atoms with Gasteiger partial charge in [-0.3, -0.25) is 19.4 Å². The van der Waals surface area contributed by atoms with Crippen LogP contribution in [0.4, 0.5) is 0 Å². The lowest BCUT2D eigenvalue weighted by Crippen LogP contribution is -2.58. The maximum atomic E-state index is 13.2. The van der Waals surface area contributed by atoms with E-state index in [2.05, 4.69) is 33.6 Å². The number of aliphatic carboxylic acids is 1. The number of amides is 3. The van der Waals surface area contributed by atoms with Gasteiger partial charge in [0.25, 0.3) is 0 Å². The molecule has 13 nitrogen and oxygen atoms in total. The molecule has 0 bridgehead atoms. The predicted octanol–water partition coefficient (Wildman–Crippen LogP) is -1.79. The highest BCUT2D eigenvalue weighted by Gasteiger charge is 2.29. The molecule has 1 rings (SSSR count). The van der Waals surface area contributed by atoms with Gasteiger partial charge >= 0.3 is 5.97 Å². The predicted molar refractivity (Wildman–Crippen MR) is 148 cm³/mol. The number of hydrogen-bond donors (Lipinski definition) is 9. The summed E-state index contributed by atoms with van der Waals surface area (Å²) in [6.07, 6.45) is 2.32. The number of guanidine groups is 1. The van der Waals surface area contributed by atoms with Gasteiger partial charge in [-0.15, -0.1) is 0 Å². The molecule has 0 aliphatic carbocycles. The molecule has 0 heterocycles. The molecule has 38 heavy (non-hydrogen) atoms. The Bertz CT molecular complexity index is 930. The Labute approximate surface area is 228 Å². The number of nitrogens with zero attached hydrogens (tertiary/aromatic N) is 1. The lowest BCUT2D eigenvalue weighted by molar-refractivity contribution is -0.142. The molecule has 0 aromatic heterocycles. The smallest absolute Gasteiger partial charge is 0.326 e. The van der Waals surface area contributed by atoms with Crippen molar-refractivity contribution in [3.63, 3.8) is 0 Å². The van der Waals surface area contributed by atoms with Crippen LogP contribution in [-0.4, -0.2) is 77.8 Å². The molecule has 212 valence electrons. The summed E-state index contributed by atoms with van der Waals surface area (Å²) in [7, 11) is 0. The van der Waals surface area contributed by atoms with E-state index in [4.69, 9.17) is 22.9 Å². The van der Waals surface area contributed by atoms with Crippen LogP contribution >= 0.6 is 12.6 Å².